The van der Waals surface area contributed by atoms with Crippen LogP contribution in [0.3, 0.4) is 0 Å². The first kappa shape index (κ1) is 15.7. The molecule has 112 valence electrons. The molecule has 1 aromatic rings. The third kappa shape index (κ3) is 3.50. The summed E-state index contributed by atoms with van der Waals surface area (Å²) in [6.45, 7) is 3.42. The number of benzene rings is 1. The average Bonchev–Trinajstić information content (AvgIpc) is 2.37. The van der Waals surface area contributed by atoms with E-state index in [1.807, 2.05) is 0 Å². The number of carbonyl (C=O) groups excluding carboxylic acids is 3. The van der Waals surface area contributed by atoms with Gasteiger partial charge >= 0.3 is 0 Å². The zero-order valence-electron chi connectivity index (χ0n) is 12.1. The SMILES string of the molecule is CC(C)(NC(=O)c1cccc(Cl)c1)C1C(=O)CCCC1=O. The fraction of sp³-hybridized carbons (Fsp3) is 0.438. The number of carbonyl (C=O) groups is 3. The molecule has 1 fully saturated rings. The smallest absolute Gasteiger partial charge is 0.251 e. The molecule has 0 aliphatic heterocycles. The van der Waals surface area contributed by atoms with Gasteiger partial charge in [-0.05, 0) is 38.5 Å². The van der Waals surface area contributed by atoms with Crippen LogP contribution in [-0.4, -0.2) is 23.0 Å². The van der Waals surface area contributed by atoms with E-state index in [-0.39, 0.29) is 17.5 Å². The van der Waals surface area contributed by atoms with E-state index < -0.39 is 11.5 Å². The molecule has 1 amide bonds. The van der Waals surface area contributed by atoms with E-state index in [1.54, 1.807) is 38.1 Å². The number of nitrogens with one attached hydrogen (secondary N) is 1. The lowest BCUT2D eigenvalue weighted by molar-refractivity contribution is -0.138. The van der Waals surface area contributed by atoms with Gasteiger partial charge in [-0.3, -0.25) is 14.4 Å². The highest BCUT2D eigenvalue weighted by molar-refractivity contribution is 6.31. The fourth-order valence-corrected chi connectivity index (χ4v) is 2.97. The molecule has 0 bridgehead atoms. The van der Waals surface area contributed by atoms with Crippen molar-refractivity contribution in [2.75, 3.05) is 0 Å². The summed E-state index contributed by atoms with van der Waals surface area (Å²) in [5.74, 6) is -1.30. The van der Waals surface area contributed by atoms with Crippen LogP contribution in [0.5, 0.6) is 0 Å². The zero-order valence-corrected chi connectivity index (χ0v) is 12.9. The third-order valence-electron chi connectivity index (χ3n) is 3.73. The van der Waals surface area contributed by atoms with Gasteiger partial charge in [0.1, 0.15) is 11.6 Å². The van der Waals surface area contributed by atoms with Crippen molar-refractivity contribution in [3.05, 3.63) is 34.9 Å². The second-order valence-electron chi connectivity index (χ2n) is 5.91. The van der Waals surface area contributed by atoms with Gasteiger partial charge in [0.25, 0.3) is 5.91 Å². The van der Waals surface area contributed by atoms with Crippen molar-refractivity contribution in [1.29, 1.82) is 0 Å². The Bertz CT molecular complexity index is 579. The zero-order chi connectivity index (χ0) is 15.6. The Labute approximate surface area is 128 Å². The van der Waals surface area contributed by atoms with Crippen LogP contribution in [0.4, 0.5) is 0 Å². The van der Waals surface area contributed by atoms with Crippen LogP contribution in [-0.2, 0) is 9.59 Å². The summed E-state index contributed by atoms with van der Waals surface area (Å²) < 4.78 is 0. The number of amides is 1. The molecule has 0 atom stereocenters. The standard InChI is InChI=1S/C16H18ClNO3/c1-16(2,14-12(19)7-4-8-13(14)20)18-15(21)10-5-3-6-11(17)9-10/h3,5-6,9,14H,4,7-8H2,1-2H3,(H,18,21). The normalized spacial score (nSPS) is 16.9. The summed E-state index contributed by atoms with van der Waals surface area (Å²) in [5, 5.41) is 3.25. The molecule has 0 radical (unpaired) electrons. The van der Waals surface area contributed by atoms with E-state index in [9.17, 15) is 14.4 Å². The summed E-state index contributed by atoms with van der Waals surface area (Å²) in [6.07, 6.45) is 1.40. The van der Waals surface area contributed by atoms with Crippen molar-refractivity contribution < 1.29 is 14.4 Å². The monoisotopic (exact) mass is 307 g/mol. The van der Waals surface area contributed by atoms with Gasteiger partial charge in [0.2, 0.25) is 0 Å². The van der Waals surface area contributed by atoms with Gasteiger partial charge in [-0.2, -0.15) is 0 Å². The highest BCUT2D eigenvalue weighted by Crippen LogP contribution is 2.27. The summed E-state index contributed by atoms with van der Waals surface area (Å²) >= 11 is 5.87. The van der Waals surface area contributed by atoms with Crippen LogP contribution in [0.25, 0.3) is 0 Å². The van der Waals surface area contributed by atoms with Gasteiger partial charge in [0, 0.05) is 23.4 Å². The van der Waals surface area contributed by atoms with E-state index in [4.69, 9.17) is 11.6 Å². The molecule has 0 unspecified atom stereocenters. The second kappa shape index (κ2) is 5.98. The topological polar surface area (TPSA) is 63.2 Å². The Morgan fingerprint density at radius 1 is 1.24 bits per heavy atom. The predicted molar refractivity (Wildman–Crippen MR) is 80.4 cm³/mol. The summed E-state index contributed by atoms with van der Waals surface area (Å²) in [5.41, 5.74) is -0.500. The van der Waals surface area contributed by atoms with Gasteiger partial charge in [-0.25, -0.2) is 0 Å². The molecular weight excluding hydrogens is 290 g/mol. The van der Waals surface area contributed by atoms with Crippen molar-refractivity contribution in [2.45, 2.75) is 38.6 Å². The summed E-state index contributed by atoms with van der Waals surface area (Å²) in [4.78, 5) is 36.3. The first-order chi connectivity index (χ1) is 9.81. The Balaban J connectivity index is 2.18. The number of ketones is 2. The van der Waals surface area contributed by atoms with Gasteiger partial charge in [0.15, 0.2) is 0 Å². The molecule has 1 aliphatic carbocycles. The van der Waals surface area contributed by atoms with E-state index in [1.165, 1.54) is 0 Å². The molecule has 1 aliphatic rings. The van der Waals surface area contributed by atoms with Crippen LogP contribution in [0.2, 0.25) is 5.02 Å². The molecule has 0 heterocycles. The maximum atomic E-state index is 12.3. The molecule has 0 spiro atoms. The molecule has 0 aromatic heterocycles. The van der Waals surface area contributed by atoms with Crippen LogP contribution < -0.4 is 5.32 Å². The van der Waals surface area contributed by atoms with Gasteiger partial charge in [0.05, 0.1) is 11.5 Å². The molecule has 2 rings (SSSR count). The Kier molecular flexibility index (Phi) is 4.47. The maximum Gasteiger partial charge on any atom is 0.251 e. The molecule has 1 aromatic carbocycles. The van der Waals surface area contributed by atoms with E-state index in [2.05, 4.69) is 5.32 Å². The molecule has 1 N–H and O–H groups in total. The highest BCUT2D eigenvalue weighted by Gasteiger charge is 2.42. The summed E-state index contributed by atoms with van der Waals surface area (Å²) in [6, 6.07) is 6.55. The van der Waals surface area contributed by atoms with Crippen molar-refractivity contribution in [3.63, 3.8) is 0 Å². The minimum absolute atomic E-state index is 0.0948. The van der Waals surface area contributed by atoms with Crippen LogP contribution >= 0.6 is 11.6 Å². The first-order valence-electron chi connectivity index (χ1n) is 6.95. The lowest BCUT2D eigenvalue weighted by Crippen LogP contribution is -2.55. The Hall–Kier alpha value is -1.68. The minimum atomic E-state index is -0.909. The van der Waals surface area contributed by atoms with Crippen LogP contribution in [0.1, 0.15) is 43.5 Å². The quantitative estimate of drug-likeness (QED) is 0.873. The Morgan fingerprint density at radius 2 is 1.86 bits per heavy atom. The van der Waals surface area contributed by atoms with E-state index in [0.29, 0.717) is 29.8 Å². The number of hydrogen-bond donors (Lipinski definition) is 1. The number of rotatable bonds is 3. The van der Waals surface area contributed by atoms with Crippen molar-refractivity contribution in [1.82, 2.24) is 5.32 Å². The molecular formula is C16H18ClNO3. The van der Waals surface area contributed by atoms with Crippen LogP contribution in [0, 0.1) is 5.92 Å². The number of hydrogen-bond acceptors (Lipinski definition) is 3. The molecule has 1 saturated carbocycles. The van der Waals surface area contributed by atoms with Crippen LogP contribution in [0.15, 0.2) is 24.3 Å². The summed E-state index contributed by atoms with van der Waals surface area (Å²) in [7, 11) is 0. The number of halogens is 1. The fourth-order valence-electron chi connectivity index (χ4n) is 2.78. The first-order valence-corrected chi connectivity index (χ1v) is 7.32. The van der Waals surface area contributed by atoms with E-state index >= 15 is 0 Å². The van der Waals surface area contributed by atoms with Crippen molar-refractivity contribution in [3.8, 4) is 0 Å². The van der Waals surface area contributed by atoms with Gasteiger partial charge < -0.3 is 5.32 Å². The maximum absolute atomic E-state index is 12.3. The molecule has 5 heteroatoms. The predicted octanol–water partition coefficient (Wildman–Crippen LogP) is 2.79. The largest absolute Gasteiger partial charge is 0.346 e. The minimum Gasteiger partial charge on any atom is -0.346 e. The Morgan fingerprint density at radius 3 is 2.43 bits per heavy atom. The lowest BCUT2D eigenvalue weighted by atomic mass is 9.75. The average molecular weight is 308 g/mol. The van der Waals surface area contributed by atoms with Crippen molar-refractivity contribution in [2.24, 2.45) is 5.92 Å². The highest BCUT2D eigenvalue weighted by atomic mass is 35.5. The second-order valence-corrected chi connectivity index (χ2v) is 6.34. The van der Waals surface area contributed by atoms with Gasteiger partial charge in [-0.1, -0.05) is 17.7 Å². The van der Waals surface area contributed by atoms with Crippen molar-refractivity contribution >= 4 is 29.1 Å². The molecule has 4 nitrogen and oxygen atoms in total. The van der Waals surface area contributed by atoms with Gasteiger partial charge in [-0.15, -0.1) is 0 Å². The molecule has 0 saturated heterocycles. The third-order valence-corrected chi connectivity index (χ3v) is 3.97. The lowest BCUT2D eigenvalue weighted by Gasteiger charge is -2.35. The van der Waals surface area contributed by atoms with E-state index in [0.717, 1.165) is 0 Å². The number of Topliss-reactive ketones (excluding diaryl/α,β-unsaturated/α-hetero) is 2. The molecule has 21 heavy (non-hydrogen) atoms.